The summed E-state index contributed by atoms with van der Waals surface area (Å²) in [6.45, 7) is 5.09. The highest BCUT2D eigenvalue weighted by molar-refractivity contribution is 6.04. The summed E-state index contributed by atoms with van der Waals surface area (Å²) >= 11 is 0. The van der Waals surface area contributed by atoms with Crippen molar-refractivity contribution >= 4 is 7.98 Å². The Morgan fingerprint density at radius 2 is 2.20 bits per heavy atom. The lowest BCUT2D eigenvalue weighted by atomic mass is 9.62. The van der Waals surface area contributed by atoms with Crippen LogP contribution in [0.2, 0.25) is 0 Å². The summed E-state index contributed by atoms with van der Waals surface area (Å²) in [6.07, 6.45) is 4.46. The maximum absolute atomic E-state index is 2.48. The Kier molecular flexibility index (Phi) is 1.35. The van der Waals surface area contributed by atoms with E-state index in [-0.39, 0.29) is 0 Å². The van der Waals surface area contributed by atoms with Gasteiger partial charge in [0.1, 0.15) is 0 Å². The fraction of sp³-hybridized carbons (Fsp3) is 1.00. The minimum absolute atomic E-state index is 0.786. The molecule has 2 rings (SSSR count). The molecule has 1 spiro atoms. The summed E-state index contributed by atoms with van der Waals surface area (Å²) in [5, 5.41) is 0. The normalized spacial score (nSPS) is 47.9. The molecule has 0 unspecified atom stereocenters. The first kappa shape index (κ1) is 6.72. The zero-order chi connectivity index (χ0) is 7.19. The third-order valence-corrected chi connectivity index (χ3v) is 3.19. The van der Waals surface area contributed by atoms with Gasteiger partial charge in [0.25, 0.3) is 0 Å². The smallest absolute Gasteiger partial charge is 0.185 e. The molecule has 56 valence electrons. The molecule has 10 heavy (non-hydrogen) atoms. The zero-order valence-electron chi connectivity index (χ0n) is 7.06. The van der Waals surface area contributed by atoms with Gasteiger partial charge in [-0.2, -0.15) is 0 Å². The summed E-state index contributed by atoms with van der Waals surface area (Å²) < 4.78 is 0. The summed E-state index contributed by atoms with van der Waals surface area (Å²) in [5.41, 5.74) is 0.786. The van der Waals surface area contributed by atoms with Crippen LogP contribution in [0.25, 0.3) is 0 Å². The minimum Gasteiger partial charge on any atom is -0.348 e. The molecular formula is C8H16BN. The van der Waals surface area contributed by atoms with Crippen molar-refractivity contribution in [2.75, 3.05) is 13.1 Å². The molecular weight excluding hydrogens is 121 g/mol. The third-order valence-electron chi connectivity index (χ3n) is 3.19. The van der Waals surface area contributed by atoms with Gasteiger partial charge in [0, 0.05) is 0 Å². The molecule has 1 aliphatic carbocycles. The van der Waals surface area contributed by atoms with E-state index >= 15 is 0 Å². The van der Waals surface area contributed by atoms with Crippen molar-refractivity contribution in [3.05, 3.63) is 0 Å². The lowest BCUT2D eigenvalue weighted by Crippen LogP contribution is -2.37. The van der Waals surface area contributed by atoms with E-state index < -0.39 is 0 Å². The highest BCUT2D eigenvalue weighted by Gasteiger charge is 2.45. The van der Waals surface area contributed by atoms with Gasteiger partial charge in [-0.05, 0) is 43.7 Å². The number of hydrogen-bond acceptors (Lipinski definition) is 1. The first-order valence-electron chi connectivity index (χ1n) is 4.39. The van der Waals surface area contributed by atoms with Crippen molar-refractivity contribution in [2.24, 2.45) is 11.3 Å². The van der Waals surface area contributed by atoms with E-state index in [2.05, 4.69) is 19.7 Å². The Morgan fingerprint density at radius 1 is 1.50 bits per heavy atom. The molecule has 1 nitrogen and oxygen atoms in total. The first-order valence-corrected chi connectivity index (χ1v) is 4.39. The van der Waals surface area contributed by atoms with Crippen molar-refractivity contribution in [3.63, 3.8) is 0 Å². The fourth-order valence-electron chi connectivity index (χ4n) is 2.91. The Labute approximate surface area is 64.2 Å². The molecule has 1 saturated carbocycles. The predicted octanol–water partition coefficient (Wildman–Crippen LogP) is 0.656. The van der Waals surface area contributed by atoms with E-state index in [4.69, 9.17) is 0 Å². The van der Waals surface area contributed by atoms with E-state index in [0.717, 1.165) is 11.3 Å². The Morgan fingerprint density at radius 3 is 2.60 bits per heavy atom. The number of hydrogen-bond donors (Lipinski definition) is 0. The highest BCUT2D eigenvalue weighted by atomic mass is 15.1. The molecule has 1 aliphatic heterocycles. The first-order chi connectivity index (χ1) is 4.70. The van der Waals surface area contributed by atoms with Gasteiger partial charge in [-0.3, -0.25) is 0 Å². The van der Waals surface area contributed by atoms with Crippen molar-refractivity contribution in [1.29, 1.82) is 0 Å². The minimum atomic E-state index is 0.786. The molecule has 0 aromatic rings. The van der Waals surface area contributed by atoms with Gasteiger partial charge in [0.2, 0.25) is 0 Å². The van der Waals surface area contributed by atoms with Gasteiger partial charge < -0.3 is 4.81 Å². The van der Waals surface area contributed by atoms with Gasteiger partial charge in [0.05, 0.1) is 0 Å². The van der Waals surface area contributed by atoms with Crippen LogP contribution in [0.15, 0.2) is 0 Å². The van der Waals surface area contributed by atoms with Crippen molar-refractivity contribution < 1.29 is 0 Å². The molecule has 2 heteroatoms. The van der Waals surface area contributed by atoms with Crippen LogP contribution in [0.4, 0.5) is 0 Å². The maximum Gasteiger partial charge on any atom is 0.185 e. The number of rotatable bonds is 0. The van der Waals surface area contributed by atoms with Gasteiger partial charge in [0.15, 0.2) is 7.98 Å². The van der Waals surface area contributed by atoms with E-state index in [1.165, 1.54) is 32.4 Å². The Balaban J connectivity index is 1.95. The molecule has 0 aromatic heterocycles. The molecule has 0 radical (unpaired) electrons. The standard InChI is InChI=1S/C8H16BN/c1-7-4-8(5-7)2-3-10(9)6-8/h7H,2-6,9H2,1H3. The second-order valence-electron chi connectivity index (χ2n) is 4.50. The maximum atomic E-state index is 2.48. The highest BCUT2D eigenvalue weighted by Crippen LogP contribution is 2.50. The second kappa shape index (κ2) is 2.01. The molecule has 1 saturated heterocycles. The quantitative estimate of drug-likeness (QED) is 0.443. The van der Waals surface area contributed by atoms with Crippen LogP contribution in [-0.4, -0.2) is 25.9 Å². The molecule has 0 bridgehead atoms. The molecule has 0 aromatic carbocycles. The SMILES string of the molecule is BN1CCC2(CC(C)C2)C1. The molecule has 2 aliphatic rings. The lowest BCUT2D eigenvalue weighted by molar-refractivity contribution is 0.0835. The molecule has 0 atom stereocenters. The van der Waals surface area contributed by atoms with E-state index in [0.29, 0.717) is 0 Å². The van der Waals surface area contributed by atoms with Crippen LogP contribution in [0, 0.1) is 11.3 Å². The average molecular weight is 137 g/mol. The molecule has 0 amide bonds. The Bertz CT molecular complexity index is 135. The van der Waals surface area contributed by atoms with Crippen LogP contribution in [0.3, 0.4) is 0 Å². The van der Waals surface area contributed by atoms with Gasteiger partial charge in [-0.25, -0.2) is 0 Å². The monoisotopic (exact) mass is 137 g/mol. The zero-order valence-corrected chi connectivity index (χ0v) is 7.06. The topological polar surface area (TPSA) is 3.24 Å². The predicted molar refractivity (Wildman–Crippen MR) is 45.6 cm³/mol. The average Bonchev–Trinajstić information content (AvgIpc) is 2.10. The van der Waals surface area contributed by atoms with Crippen LogP contribution in [-0.2, 0) is 0 Å². The van der Waals surface area contributed by atoms with E-state index in [9.17, 15) is 0 Å². The Hall–Kier alpha value is 0.0249. The summed E-state index contributed by atoms with van der Waals surface area (Å²) in [7, 11) is 2.25. The van der Waals surface area contributed by atoms with E-state index in [1.807, 2.05) is 0 Å². The third kappa shape index (κ3) is 0.896. The van der Waals surface area contributed by atoms with Crippen LogP contribution >= 0.6 is 0 Å². The fourth-order valence-corrected chi connectivity index (χ4v) is 2.91. The molecule has 2 fully saturated rings. The van der Waals surface area contributed by atoms with Gasteiger partial charge in [-0.15, -0.1) is 0 Å². The number of nitrogens with zero attached hydrogens (tertiary/aromatic N) is 1. The van der Waals surface area contributed by atoms with Gasteiger partial charge in [-0.1, -0.05) is 6.92 Å². The van der Waals surface area contributed by atoms with Crippen LogP contribution in [0.5, 0.6) is 0 Å². The second-order valence-corrected chi connectivity index (χ2v) is 4.50. The van der Waals surface area contributed by atoms with Gasteiger partial charge >= 0.3 is 0 Å². The van der Waals surface area contributed by atoms with Crippen LogP contribution in [0.1, 0.15) is 26.2 Å². The summed E-state index contributed by atoms with van der Waals surface area (Å²) in [6, 6.07) is 0. The summed E-state index contributed by atoms with van der Waals surface area (Å²) in [4.78, 5) is 2.48. The largest absolute Gasteiger partial charge is 0.348 e. The summed E-state index contributed by atoms with van der Waals surface area (Å²) in [5.74, 6) is 1.02. The van der Waals surface area contributed by atoms with Crippen molar-refractivity contribution in [1.82, 2.24) is 4.81 Å². The van der Waals surface area contributed by atoms with Crippen LogP contribution < -0.4 is 0 Å². The van der Waals surface area contributed by atoms with E-state index in [1.54, 1.807) is 0 Å². The van der Waals surface area contributed by atoms with Crippen molar-refractivity contribution in [3.8, 4) is 0 Å². The molecule has 0 N–H and O–H groups in total. The van der Waals surface area contributed by atoms with Crippen molar-refractivity contribution in [2.45, 2.75) is 26.2 Å². The lowest BCUT2D eigenvalue weighted by Gasteiger charge is -2.43. The molecule has 1 heterocycles.